The third-order valence-electron chi connectivity index (χ3n) is 3.59. The van der Waals surface area contributed by atoms with Gasteiger partial charge in [-0.1, -0.05) is 12.1 Å². The van der Waals surface area contributed by atoms with Crippen molar-refractivity contribution in [2.45, 2.75) is 25.8 Å². The molecule has 1 aliphatic rings. The summed E-state index contributed by atoms with van der Waals surface area (Å²) in [5.74, 6) is 0.947. The number of benzene rings is 1. The van der Waals surface area contributed by atoms with E-state index < -0.39 is 0 Å². The van der Waals surface area contributed by atoms with Crippen molar-refractivity contribution in [2.75, 3.05) is 39.5 Å². The van der Waals surface area contributed by atoms with Gasteiger partial charge in [0.2, 0.25) is 0 Å². The molecule has 1 aliphatic heterocycles. The monoisotopic (exact) mass is 278 g/mol. The molecule has 0 amide bonds. The smallest absolute Gasteiger partial charge is 0.119 e. The second-order valence-corrected chi connectivity index (χ2v) is 5.46. The lowest BCUT2D eigenvalue weighted by Gasteiger charge is -2.26. The van der Waals surface area contributed by atoms with E-state index in [1.807, 2.05) is 6.92 Å². The highest BCUT2D eigenvalue weighted by Gasteiger charge is 2.09. The second-order valence-electron chi connectivity index (χ2n) is 5.46. The highest BCUT2D eigenvalue weighted by atomic mass is 16.5. The first kappa shape index (κ1) is 15.3. The Labute approximate surface area is 121 Å². The van der Waals surface area contributed by atoms with Gasteiger partial charge < -0.3 is 15.2 Å². The fraction of sp³-hybridized carbons (Fsp3) is 0.625. The van der Waals surface area contributed by atoms with Crippen molar-refractivity contribution >= 4 is 0 Å². The molecular formula is C16H26N2O2. The minimum atomic E-state index is 0.263. The number of aryl methyl sites for hydroxylation is 1. The Morgan fingerprint density at radius 1 is 1.25 bits per heavy atom. The Morgan fingerprint density at radius 2 is 1.95 bits per heavy atom. The van der Waals surface area contributed by atoms with Gasteiger partial charge in [-0.05, 0) is 37.5 Å². The van der Waals surface area contributed by atoms with Crippen LogP contribution in [0.2, 0.25) is 0 Å². The third-order valence-corrected chi connectivity index (χ3v) is 3.59. The topological polar surface area (TPSA) is 47.7 Å². The van der Waals surface area contributed by atoms with Crippen LogP contribution in [0.5, 0.6) is 5.75 Å². The highest BCUT2D eigenvalue weighted by Crippen LogP contribution is 2.14. The lowest BCUT2D eigenvalue weighted by Crippen LogP contribution is -2.38. The molecule has 1 aromatic rings. The fourth-order valence-corrected chi connectivity index (χ4v) is 2.26. The van der Waals surface area contributed by atoms with Crippen molar-refractivity contribution in [1.82, 2.24) is 4.90 Å². The summed E-state index contributed by atoms with van der Waals surface area (Å²) in [5, 5.41) is 0. The number of rotatable bonds is 7. The van der Waals surface area contributed by atoms with E-state index in [1.165, 1.54) is 5.56 Å². The first-order chi connectivity index (χ1) is 9.74. The normalized spacial score (nSPS) is 17.9. The molecule has 2 rings (SSSR count). The zero-order valence-corrected chi connectivity index (χ0v) is 12.4. The molecule has 0 aromatic heterocycles. The Balaban J connectivity index is 1.67. The van der Waals surface area contributed by atoms with Gasteiger partial charge in [-0.25, -0.2) is 0 Å². The van der Waals surface area contributed by atoms with Crippen LogP contribution in [0.4, 0.5) is 0 Å². The predicted octanol–water partition coefficient (Wildman–Crippen LogP) is 1.68. The van der Waals surface area contributed by atoms with Crippen molar-refractivity contribution in [3.05, 3.63) is 29.8 Å². The summed E-state index contributed by atoms with van der Waals surface area (Å²) in [4.78, 5) is 2.38. The molecule has 1 fully saturated rings. The molecule has 2 N–H and O–H groups in total. The number of hydrogen-bond donors (Lipinski definition) is 1. The van der Waals surface area contributed by atoms with Gasteiger partial charge in [0, 0.05) is 25.7 Å². The van der Waals surface area contributed by atoms with Gasteiger partial charge in [-0.2, -0.15) is 0 Å². The molecule has 1 saturated heterocycles. The van der Waals surface area contributed by atoms with Gasteiger partial charge in [0.25, 0.3) is 0 Å². The summed E-state index contributed by atoms with van der Waals surface area (Å²) in [6.45, 7) is 7.46. The van der Waals surface area contributed by atoms with Crippen molar-refractivity contribution in [1.29, 1.82) is 0 Å². The SMILES string of the molecule is CC(N)CCc1ccc(OCCN2CCOCC2)cc1. The molecule has 1 aromatic carbocycles. The van der Waals surface area contributed by atoms with E-state index in [2.05, 4.69) is 29.2 Å². The van der Waals surface area contributed by atoms with Crippen LogP contribution in [0.1, 0.15) is 18.9 Å². The molecule has 4 nitrogen and oxygen atoms in total. The van der Waals surface area contributed by atoms with Gasteiger partial charge in [-0.3, -0.25) is 4.90 Å². The summed E-state index contributed by atoms with van der Waals surface area (Å²) in [6.07, 6.45) is 2.06. The third kappa shape index (κ3) is 5.49. The average Bonchev–Trinajstić information content (AvgIpc) is 2.47. The maximum absolute atomic E-state index is 5.78. The number of morpholine rings is 1. The summed E-state index contributed by atoms with van der Waals surface area (Å²) in [7, 11) is 0. The standard InChI is InChI=1S/C16H26N2O2/c1-14(17)2-3-15-4-6-16(7-5-15)20-13-10-18-8-11-19-12-9-18/h4-7,14H,2-3,8-13,17H2,1H3. The minimum Gasteiger partial charge on any atom is -0.492 e. The summed E-state index contributed by atoms with van der Waals surface area (Å²) in [5.41, 5.74) is 7.09. The summed E-state index contributed by atoms with van der Waals surface area (Å²) in [6, 6.07) is 8.63. The van der Waals surface area contributed by atoms with Crippen molar-refractivity contribution in [3.63, 3.8) is 0 Å². The van der Waals surface area contributed by atoms with Crippen LogP contribution in [-0.4, -0.2) is 50.4 Å². The van der Waals surface area contributed by atoms with Gasteiger partial charge in [0.1, 0.15) is 12.4 Å². The molecule has 0 saturated carbocycles. The van der Waals surface area contributed by atoms with E-state index in [-0.39, 0.29) is 6.04 Å². The van der Waals surface area contributed by atoms with Crippen molar-refractivity contribution in [3.8, 4) is 5.75 Å². The van der Waals surface area contributed by atoms with Gasteiger partial charge >= 0.3 is 0 Å². The van der Waals surface area contributed by atoms with Crippen LogP contribution in [0.3, 0.4) is 0 Å². The van der Waals surface area contributed by atoms with E-state index in [9.17, 15) is 0 Å². The van der Waals surface area contributed by atoms with Gasteiger partial charge in [-0.15, -0.1) is 0 Å². The molecule has 1 atom stereocenters. The van der Waals surface area contributed by atoms with E-state index in [1.54, 1.807) is 0 Å². The van der Waals surface area contributed by atoms with Crippen molar-refractivity contribution in [2.24, 2.45) is 5.73 Å². The lowest BCUT2D eigenvalue weighted by molar-refractivity contribution is 0.0322. The number of nitrogens with zero attached hydrogens (tertiary/aromatic N) is 1. The van der Waals surface area contributed by atoms with Gasteiger partial charge in [0.15, 0.2) is 0 Å². The zero-order valence-electron chi connectivity index (χ0n) is 12.4. The number of ether oxygens (including phenoxy) is 2. The molecule has 0 aliphatic carbocycles. The molecular weight excluding hydrogens is 252 g/mol. The molecule has 112 valence electrons. The first-order valence-corrected chi connectivity index (χ1v) is 7.51. The molecule has 0 radical (unpaired) electrons. The van der Waals surface area contributed by atoms with Gasteiger partial charge in [0.05, 0.1) is 13.2 Å². The maximum Gasteiger partial charge on any atom is 0.119 e. The molecule has 1 heterocycles. The predicted molar refractivity (Wildman–Crippen MR) is 81.2 cm³/mol. The Kier molecular flexibility index (Phi) is 6.30. The van der Waals surface area contributed by atoms with E-state index in [0.717, 1.165) is 58.0 Å². The van der Waals surface area contributed by atoms with E-state index in [4.69, 9.17) is 15.2 Å². The molecule has 0 bridgehead atoms. The average molecular weight is 278 g/mol. The molecule has 20 heavy (non-hydrogen) atoms. The second kappa shape index (κ2) is 8.25. The number of hydrogen-bond acceptors (Lipinski definition) is 4. The van der Waals surface area contributed by atoms with Crippen molar-refractivity contribution < 1.29 is 9.47 Å². The number of nitrogens with two attached hydrogens (primary N) is 1. The summed E-state index contributed by atoms with van der Waals surface area (Å²) >= 11 is 0. The molecule has 4 heteroatoms. The quantitative estimate of drug-likeness (QED) is 0.824. The lowest BCUT2D eigenvalue weighted by atomic mass is 10.1. The first-order valence-electron chi connectivity index (χ1n) is 7.51. The van der Waals surface area contributed by atoms with Crippen LogP contribution in [0, 0.1) is 0 Å². The zero-order chi connectivity index (χ0) is 14.2. The fourth-order valence-electron chi connectivity index (χ4n) is 2.26. The summed E-state index contributed by atoms with van der Waals surface area (Å²) < 4.78 is 11.1. The van der Waals surface area contributed by atoms with E-state index in [0.29, 0.717) is 0 Å². The largest absolute Gasteiger partial charge is 0.492 e. The minimum absolute atomic E-state index is 0.263. The highest BCUT2D eigenvalue weighted by molar-refractivity contribution is 5.27. The van der Waals surface area contributed by atoms with Crippen LogP contribution in [0.15, 0.2) is 24.3 Å². The molecule has 0 spiro atoms. The Morgan fingerprint density at radius 3 is 2.60 bits per heavy atom. The van der Waals surface area contributed by atoms with E-state index >= 15 is 0 Å². The van der Waals surface area contributed by atoms with Crippen LogP contribution in [-0.2, 0) is 11.2 Å². The Hall–Kier alpha value is -1.10. The molecule has 1 unspecified atom stereocenters. The van der Waals surface area contributed by atoms with Crippen LogP contribution >= 0.6 is 0 Å². The van der Waals surface area contributed by atoms with Crippen LogP contribution < -0.4 is 10.5 Å². The van der Waals surface area contributed by atoms with Crippen LogP contribution in [0.25, 0.3) is 0 Å². The maximum atomic E-state index is 5.78. The Bertz CT molecular complexity index is 373.